The second-order valence-electron chi connectivity index (χ2n) is 3.12. The van der Waals surface area contributed by atoms with Crippen LogP contribution in [0.1, 0.15) is 6.92 Å². The van der Waals surface area contributed by atoms with Gasteiger partial charge >= 0.3 is 0 Å². The lowest BCUT2D eigenvalue weighted by atomic mass is 10.2. The standard InChI is InChI=1S/C10H13ClFNO/c1-7(6-14-2)13-10-4-3-8(11)5-9(10)12/h3-5,7,13H,6H2,1-2H3. The van der Waals surface area contributed by atoms with Crippen LogP contribution in [0.5, 0.6) is 0 Å². The maximum Gasteiger partial charge on any atom is 0.147 e. The van der Waals surface area contributed by atoms with Gasteiger partial charge in [-0.2, -0.15) is 0 Å². The Morgan fingerprint density at radius 1 is 1.57 bits per heavy atom. The monoisotopic (exact) mass is 217 g/mol. The maximum absolute atomic E-state index is 13.3. The molecule has 1 aromatic rings. The highest BCUT2D eigenvalue weighted by molar-refractivity contribution is 6.30. The number of rotatable bonds is 4. The van der Waals surface area contributed by atoms with Gasteiger partial charge in [-0.25, -0.2) is 4.39 Å². The molecule has 0 saturated carbocycles. The normalized spacial score (nSPS) is 12.6. The summed E-state index contributed by atoms with van der Waals surface area (Å²) < 4.78 is 18.2. The van der Waals surface area contributed by atoms with Crippen molar-refractivity contribution < 1.29 is 9.13 Å². The molecule has 1 aromatic carbocycles. The van der Waals surface area contributed by atoms with E-state index in [-0.39, 0.29) is 11.9 Å². The number of hydrogen-bond acceptors (Lipinski definition) is 2. The summed E-state index contributed by atoms with van der Waals surface area (Å²) in [5.74, 6) is -0.347. The molecule has 0 spiro atoms. The van der Waals surface area contributed by atoms with Crippen LogP contribution in [0, 0.1) is 5.82 Å². The minimum atomic E-state index is -0.347. The molecular weight excluding hydrogens is 205 g/mol. The molecule has 4 heteroatoms. The number of halogens is 2. The van der Waals surface area contributed by atoms with Gasteiger partial charge in [0.2, 0.25) is 0 Å². The first kappa shape index (κ1) is 11.3. The SMILES string of the molecule is COCC(C)Nc1ccc(Cl)cc1F. The predicted molar refractivity (Wildman–Crippen MR) is 56.4 cm³/mol. The Balaban J connectivity index is 2.67. The number of ether oxygens (including phenoxy) is 1. The molecule has 0 fully saturated rings. The molecule has 1 N–H and O–H groups in total. The summed E-state index contributed by atoms with van der Waals surface area (Å²) in [6.07, 6.45) is 0. The number of anilines is 1. The molecule has 0 aliphatic rings. The Morgan fingerprint density at radius 2 is 2.29 bits per heavy atom. The molecule has 0 heterocycles. The minimum Gasteiger partial charge on any atom is -0.383 e. The fourth-order valence-corrected chi connectivity index (χ4v) is 1.32. The maximum atomic E-state index is 13.3. The first-order chi connectivity index (χ1) is 6.63. The van der Waals surface area contributed by atoms with Crippen molar-refractivity contribution in [2.45, 2.75) is 13.0 Å². The summed E-state index contributed by atoms with van der Waals surface area (Å²) in [5, 5.41) is 3.38. The zero-order chi connectivity index (χ0) is 10.6. The lowest BCUT2D eigenvalue weighted by Crippen LogP contribution is -2.21. The molecule has 0 amide bonds. The smallest absolute Gasteiger partial charge is 0.147 e. The molecular formula is C10H13ClFNO. The van der Waals surface area contributed by atoms with E-state index in [1.54, 1.807) is 19.2 Å². The van der Waals surface area contributed by atoms with Crippen LogP contribution in [-0.2, 0) is 4.74 Å². The summed E-state index contributed by atoms with van der Waals surface area (Å²) >= 11 is 5.62. The predicted octanol–water partition coefficient (Wildman–Crippen LogP) is 2.93. The van der Waals surface area contributed by atoms with Crippen LogP contribution in [0.15, 0.2) is 18.2 Å². The van der Waals surface area contributed by atoms with E-state index in [0.29, 0.717) is 17.3 Å². The third-order valence-electron chi connectivity index (χ3n) is 1.75. The van der Waals surface area contributed by atoms with Gasteiger partial charge in [-0.05, 0) is 25.1 Å². The summed E-state index contributed by atoms with van der Waals surface area (Å²) in [7, 11) is 1.61. The van der Waals surface area contributed by atoms with Crippen LogP contribution >= 0.6 is 11.6 Å². The first-order valence-electron chi connectivity index (χ1n) is 4.34. The molecule has 1 rings (SSSR count). The third kappa shape index (κ3) is 3.16. The van der Waals surface area contributed by atoms with Crippen LogP contribution in [-0.4, -0.2) is 19.8 Å². The fraction of sp³-hybridized carbons (Fsp3) is 0.400. The van der Waals surface area contributed by atoms with E-state index in [9.17, 15) is 4.39 Å². The van der Waals surface area contributed by atoms with E-state index in [1.165, 1.54) is 6.07 Å². The second kappa shape index (κ2) is 5.17. The molecule has 0 aliphatic heterocycles. The Hall–Kier alpha value is -0.800. The molecule has 0 aliphatic carbocycles. The van der Waals surface area contributed by atoms with E-state index >= 15 is 0 Å². The van der Waals surface area contributed by atoms with Crippen LogP contribution in [0.3, 0.4) is 0 Å². The van der Waals surface area contributed by atoms with Gasteiger partial charge < -0.3 is 10.1 Å². The Labute approximate surface area is 88.0 Å². The van der Waals surface area contributed by atoms with Crippen molar-refractivity contribution in [3.05, 3.63) is 29.0 Å². The zero-order valence-corrected chi connectivity index (χ0v) is 8.94. The number of benzene rings is 1. The van der Waals surface area contributed by atoms with E-state index in [0.717, 1.165) is 0 Å². The quantitative estimate of drug-likeness (QED) is 0.838. The highest BCUT2D eigenvalue weighted by Gasteiger charge is 2.06. The highest BCUT2D eigenvalue weighted by Crippen LogP contribution is 2.19. The molecule has 14 heavy (non-hydrogen) atoms. The second-order valence-corrected chi connectivity index (χ2v) is 3.56. The third-order valence-corrected chi connectivity index (χ3v) is 1.98. The fourth-order valence-electron chi connectivity index (χ4n) is 1.16. The summed E-state index contributed by atoms with van der Waals surface area (Å²) in [6, 6.07) is 4.61. The van der Waals surface area contributed by atoms with Crippen LogP contribution in [0.4, 0.5) is 10.1 Å². The van der Waals surface area contributed by atoms with Gasteiger partial charge in [0.15, 0.2) is 0 Å². The van der Waals surface area contributed by atoms with Crippen molar-refractivity contribution in [3.63, 3.8) is 0 Å². The van der Waals surface area contributed by atoms with Crippen LogP contribution < -0.4 is 5.32 Å². The molecule has 1 atom stereocenters. The number of methoxy groups -OCH3 is 1. The average Bonchev–Trinajstić information content (AvgIpc) is 2.10. The van der Waals surface area contributed by atoms with E-state index in [2.05, 4.69) is 5.32 Å². The van der Waals surface area contributed by atoms with Gasteiger partial charge in [0, 0.05) is 18.2 Å². The van der Waals surface area contributed by atoms with E-state index in [1.807, 2.05) is 6.92 Å². The largest absolute Gasteiger partial charge is 0.383 e. The summed E-state index contributed by atoms with van der Waals surface area (Å²) in [5.41, 5.74) is 0.443. The zero-order valence-electron chi connectivity index (χ0n) is 8.18. The van der Waals surface area contributed by atoms with Crippen molar-refractivity contribution in [1.82, 2.24) is 0 Å². The lowest BCUT2D eigenvalue weighted by molar-refractivity contribution is 0.190. The van der Waals surface area contributed by atoms with Crippen molar-refractivity contribution in [2.24, 2.45) is 0 Å². The summed E-state index contributed by atoms with van der Waals surface area (Å²) in [4.78, 5) is 0. The van der Waals surface area contributed by atoms with Crippen molar-refractivity contribution in [1.29, 1.82) is 0 Å². The lowest BCUT2D eigenvalue weighted by Gasteiger charge is -2.14. The Morgan fingerprint density at radius 3 is 2.86 bits per heavy atom. The number of hydrogen-bond donors (Lipinski definition) is 1. The Bertz CT molecular complexity index is 306. The van der Waals surface area contributed by atoms with E-state index in [4.69, 9.17) is 16.3 Å². The van der Waals surface area contributed by atoms with Gasteiger partial charge in [-0.3, -0.25) is 0 Å². The van der Waals surface area contributed by atoms with Crippen molar-refractivity contribution in [2.75, 3.05) is 19.0 Å². The van der Waals surface area contributed by atoms with Gasteiger partial charge in [0.1, 0.15) is 5.82 Å². The minimum absolute atomic E-state index is 0.0654. The molecule has 0 bridgehead atoms. The van der Waals surface area contributed by atoms with Gasteiger partial charge in [-0.1, -0.05) is 11.6 Å². The molecule has 78 valence electrons. The highest BCUT2D eigenvalue weighted by atomic mass is 35.5. The van der Waals surface area contributed by atoms with Crippen molar-refractivity contribution in [3.8, 4) is 0 Å². The number of nitrogens with one attached hydrogen (secondary N) is 1. The van der Waals surface area contributed by atoms with Gasteiger partial charge in [0.05, 0.1) is 12.3 Å². The first-order valence-corrected chi connectivity index (χ1v) is 4.72. The van der Waals surface area contributed by atoms with Gasteiger partial charge in [-0.15, -0.1) is 0 Å². The van der Waals surface area contributed by atoms with Gasteiger partial charge in [0.25, 0.3) is 0 Å². The van der Waals surface area contributed by atoms with Crippen molar-refractivity contribution >= 4 is 17.3 Å². The molecule has 0 aromatic heterocycles. The molecule has 2 nitrogen and oxygen atoms in total. The van der Waals surface area contributed by atoms with E-state index < -0.39 is 0 Å². The topological polar surface area (TPSA) is 21.3 Å². The molecule has 0 saturated heterocycles. The van der Waals surface area contributed by atoms with Crippen LogP contribution in [0.2, 0.25) is 5.02 Å². The Kier molecular flexibility index (Phi) is 4.17. The van der Waals surface area contributed by atoms with Crippen LogP contribution in [0.25, 0.3) is 0 Å². The molecule has 0 radical (unpaired) electrons. The molecule has 1 unspecified atom stereocenters. The summed E-state index contributed by atoms with van der Waals surface area (Å²) in [6.45, 7) is 2.44. The average molecular weight is 218 g/mol.